The molecule has 3 aromatic rings. The minimum atomic E-state index is -0.549. The van der Waals surface area contributed by atoms with Crippen molar-refractivity contribution in [2.45, 2.75) is 50.3 Å². The minimum absolute atomic E-state index is 0.300. The molecule has 0 saturated heterocycles. The Morgan fingerprint density at radius 1 is 0.694 bits per heavy atom. The first-order valence-electron chi connectivity index (χ1n) is 12.0. The SMILES string of the molecule is CCCCCCCCOc1ccc(OC(=O)c2ccc(C(=O)Oc3ccc(SC#N)cc3)cc2)cc1. The van der Waals surface area contributed by atoms with Crippen LogP contribution < -0.4 is 14.2 Å². The molecule has 36 heavy (non-hydrogen) atoms. The van der Waals surface area contributed by atoms with Gasteiger partial charge in [-0.15, -0.1) is 0 Å². The second-order valence-corrected chi connectivity index (χ2v) is 8.97. The zero-order valence-electron chi connectivity index (χ0n) is 20.3. The monoisotopic (exact) mass is 503 g/mol. The highest BCUT2D eigenvalue weighted by molar-refractivity contribution is 8.03. The van der Waals surface area contributed by atoms with E-state index in [4.69, 9.17) is 19.5 Å². The van der Waals surface area contributed by atoms with Gasteiger partial charge in [-0.05, 0) is 91.0 Å². The molecule has 3 aromatic carbocycles. The molecular formula is C29H29NO5S. The highest BCUT2D eigenvalue weighted by Crippen LogP contribution is 2.22. The summed E-state index contributed by atoms with van der Waals surface area (Å²) in [5.74, 6) is 0.441. The maximum Gasteiger partial charge on any atom is 0.343 e. The molecule has 186 valence electrons. The number of thiocyanates is 1. The van der Waals surface area contributed by atoms with Gasteiger partial charge in [0.15, 0.2) is 0 Å². The number of rotatable bonds is 13. The molecule has 0 aliphatic heterocycles. The lowest BCUT2D eigenvalue weighted by Gasteiger charge is -2.08. The molecule has 0 fully saturated rings. The van der Waals surface area contributed by atoms with E-state index in [1.54, 1.807) is 48.5 Å². The molecular weight excluding hydrogens is 474 g/mol. The van der Waals surface area contributed by atoms with Gasteiger partial charge >= 0.3 is 11.9 Å². The average Bonchev–Trinajstić information content (AvgIpc) is 2.90. The lowest BCUT2D eigenvalue weighted by molar-refractivity contribution is 0.0720. The quantitative estimate of drug-likeness (QED) is 0.0787. The lowest BCUT2D eigenvalue weighted by Crippen LogP contribution is -2.11. The summed E-state index contributed by atoms with van der Waals surface area (Å²) in [5, 5.41) is 10.7. The van der Waals surface area contributed by atoms with E-state index in [1.807, 2.05) is 5.40 Å². The predicted molar refractivity (Wildman–Crippen MR) is 140 cm³/mol. The number of benzene rings is 3. The third-order valence-electron chi connectivity index (χ3n) is 5.35. The zero-order valence-corrected chi connectivity index (χ0v) is 21.1. The molecule has 0 aliphatic carbocycles. The van der Waals surface area contributed by atoms with Crippen molar-refractivity contribution in [3.8, 4) is 22.6 Å². The number of nitriles is 1. The summed E-state index contributed by atoms with van der Waals surface area (Å²) in [4.78, 5) is 25.6. The number of nitrogens with zero attached hydrogens (tertiary/aromatic N) is 1. The molecule has 0 N–H and O–H groups in total. The van der Waals surface area contributed by atoms with Gasteiger partial charge in [-0.3, -0.25) is 0 Å². The van der Waals surface area contributed by atoms with Crippen molar-refractivity contribution in [2.24, 2.45) is 0 Å². The Hall–Kier alpha value is -3.76. The fourth-order valence-corrected chi connectivity index (χ4v) is 3.76. The Balaban J connectivity index is 1.45. The van der Waals surface area contributed by atoms with Crippen molar-refractivity contribution in [3.63, 3.8) is 0 Å². The van der Waals surface area contributed by atoms with Crippen LogP contribution in [0.25, 0.3) is 0 Å². The van der Waals surface area contributed by atoms with Crippen LogP contribution in [0.3, 0.4) is 0 Å². The Labute approximate surface area is 216 Å². The number of carbonyl (C=O) groups is 2. The van der Waals surface area contributed by atoms with Crippen LogP contribution in [0.2, 0.25) is 0 Å². The first-order chi connectivity index (χ1) is 17.6. The van der Waals surface area contributed by atoms with Gasteiger partial charge in [-0.2, -0.15) is 5.26 Å². The molecule has 0 unspecified atom stereocenters. The maximum atomic E-state index is 12.5. The van der Waals surface area contributed by atoms with Crippen LogP contribution in [0.5, 0.6) is 17.2 Å². The van der Waals surface area contributed by atoms with Crippen LogP contribution in [0.15, 0.2) is 77.7 Å². The average molecular weight is 504 g/mol. The molecule has 6 nitrogen and oxygen atoms in total. The summed E-state index contributed by atoms with van der Waals surface area (Å²) in [6, 6.07) is 19.6. The first-order valence-corrected chi connectivity index (χ1v) is 12.8. The Kier molecular flexibility index (Phi) is 10.9. The third-order valence-corrected chi connectivity index (χ3v) is 5.95. The van der Waals surface area contributed by atoms with E-state index in [0.29, 0.717) is 29.2 Å². The number of thioether (sulfide) groups is 1. The van der Waals surface area contributed by atoms with Crippen LogP contribution in [-0.4, -0.2) is 18.5 Å². The summed E-state index contributed by atoms with van der Waals surface area (Å²) < 4.78 is 16.5. The maximum absolute atomic E-state index is 12.5. The molecule has 0 atom stereocenters. The van der Waals surface area contributed by atoms with E-state index in [-0.39, 0.29) is 0 Å². The summed E-state index contributed by atoms with van der Waals surface area (Å²) in [6.07, 6.45) is 7.25. The third kappa shape index (κ3) is 8.79. The van der Waals surface area contributed by atoms with E-state index in [9.17, 15) is 9.59 Å². The second-order valence-electron chi connectivity index (χ2n) is 8.11. The largest absolute Gasteiger partial charge is 0.494 e. The van der Waals surface area contributed by atoms with E-state index in [1.165, 1.54) is 56.4 Å². The minimum Gasteiger partial charge on any atom is -0.494 e. The van der Waals surface area contributed by atoms with Crippen LogP contribution >= 0.6 is 11.8 Å². The highest BCUT2D eigenvalue weighted by Gasteiger charge is 2.13. The molecule has 3 rings (SSSR count). The summed E-state index contributed by atoms with van der Waals surface area (Å²) in [7, 11) is 0. The number of ether oxygens (including phenoxy) is 3. The van der Waals surface area contributed by atoms with Crippen LogP contribution in [-0.2, 0) is 0 Å². The molecule has 0 bridgehead atoms. The molecule has 0 saturated carbocycles. The number of unbranched alkanes of at least 4 members (excludes halogenated alkanes) is 5. The number of esters is 2. The molecule has 0 aromatic heterocycles. The van der Waals surface area contributed by atoms with Crippen LogP contribution in [0, 0.1) is 10.7 Å². The molecule has 0 aliphatic rings. The van der Waals surface area contributed by atoms with Gasteiger partial charge in [-0.1, -0.05) is 39.0 Å². The summed E-state index contributed by atoms with van der Waals surface area (Å²) in [5.41, 5.74) is 0.613. The fraction of sp³-hybridized carbons (Fsp3) is 0.276. The Morgan fingerprint density at radius 3 is 1.69 bits per heavy atom. The van der Waals surface area contributed by atoms with Crippen molar-refractivity contribution < 1.29 is 23.8 Å². The Morgan fingerprint density at radius 2 is 1.17 bits per heavy atom. The normalized spacial score (nSPS) is 10.3. The van der Waals surface area contributed by atoms with Crippen molar-refractivity contribution in [3.05, 3.63) is 83.9 Å². The summed E-state index contributed by atoms with van der Waals surface area (Å²) in [6.45, 7) is 2.88. The van der Waals surface area contributed by atoms with E-state index in [2.05, 4.69) is 6.92 Å². The number of hydrogen-bond acceptors (Lipinski definition) is 7. The highest BCUT2D eigenvalue weighted by atomic mass is 32.2. The van der Waals surface area contributed by atoms with Crippen LogP contribution in [0.4, 0.5) is 0 Å². The van der Waals surface area contributed by atoms with Gasteiger partial charge in [0.25, 0.3) is 0 Å². The topological polar surface area (TPSA) is 85.6 Å². The van der Waals surface area contributed by atoms with Gasteiger partial charge in [0.2, 0.25) is 0 Å². The molecule has 0 spiro atoms. The van der Waals surface area contributed by atoms with E-state index in [0.717, 1.165) is 28.8 Å². The zero-order chi connectivity index (χ0) is 25.6. The molecule has 0 amide bonds. The Bertz CT molecular complexity index is 1150. The van der Waals surface area contributed by atoms with Gasteiger partial charge in [-0.25, -0.2) is 9.59 Å². The van der Waals surface area contributed by atoms with E-state index < -0.39 is 11.9 Å². The number of hydrogen-bond donors (Lipinski definition) is 0. The first kappa shape index (κ1) is 26.8. The fourth-order valence-electron chi connectivity index (χ4n) is 3.38. The lowest BCUT2D eigenvalue weighted by atomic mass is 10.1. The second kappa shape index (κ2) is 14.6. The summed E-state index contributed by atoms with van der Waals surface area (Å²) >= 11 is 1.03. The van der Waals surface area contributed by atoms with Crippen molar-refractivity contribution >= 4 is 23.7 Å². The standard InChI is InChI=1S/C29H29NO5S/c1-2-3-4-5-6-7-20-33-24-12-14-25(15-13-24)34-28(31)22-8-10-23(11-9-22)29(32)35-26-16-18-27(19-17-26)36-21-30/h8-19H,2-7,20H2,1H3. The van der Waals surface area contributed by atoms with Crippen LogP contribution in [0.1, 0.15) is 66.2 Å². The predicted octanol–water partition coefficient (Wildman–Crippen LogP) is 7.44. The van der Waals surface area contributed by atoms with Gasteiger partial charge in [0.1, 0.15) is 22.6 Å². The molecule has 0 heterocycles. The van der Waals surface area contributed by atoms with Crippen molar-refractivity contribution in [2.75, 3.05) is 6.61 Å². The molecule has 0 radical (unpaired) electrons. The van der Waals surface area contributed by atoms with Gasteiger partial charge < -0.3 is 14.2 Å². The van der Waals surface area contributed by atoms with Crippen molar-refractivity contribution in [1.29, 1.82) is 5.26 Å². The van der Waals surface area contributed by atoms with Crippen molar-refractivity contribution in [1.82, 2.24) is 0 Å². The number of carbonyl (C=O) groups excluding carboxylic acids is 2. The van der Waals surface area contributed by atoms with E-state index >= 15 is 0 Å². The van der Waals surface area contributed by atoms with Gasteiger partial charge in [0.05, 0.1) is 17.7 Å². The smallest absolute Gasteiger partial charge is 0.343 e. The molecule has 7 heteroatoms. The van der Waals surface area contributed by atoms with Gasteiger partial charge in [0, 0.05) is 4.90 Å².